The van der Waals surface area contributed by atoms with E-state index < -0.39 is 0 Å². The molecule has 178 valence electrons. The molecule has 0 aliphatic carbocycles. The van der Waals surface area contributed by atoms with Crippen LogP contribution in [0.25, 0.3) is 0 Å². The van der Waals surface area contributed by atoms with Gasteiger partial charge in [0, 0.05) is 21.2 Å². The Kier molecular flexibility index (Phi) is 9.45. The highest BCUT2D eigenvalue weighted by Crippen LogP contribution is 2.37. The van der Waals surface area contributed by atoms with Gasteiger partial charge >= 0.3 is 0 Å². The van der Waals surface area contributed by atoms with E-state index >= 15 is 0 Å². The second kappa shape index (κ2) is 12.5. The molecule has 0 aliphatic heterocycles. The molecule has 1 N–H and O–H groups in total. The lowest BCUT2D eigenvalue weighted by atomic mass is 10.2. The number of amides is 1. The molecule has 0 saturated carbocycles. The van der Waals surface area contributed by atoms with E-state index in [1.807, 2.05) is 13.8 Å². The third kappa shape index (κ3) is 7.03. The molecule has 0 bridgehead atoms. The third-order valence-corrected chi connectivity index (χ3v) is 5.39. The van der Waals surface area contributed by atoms with Crippen LogP contribution in [-0.4, -0.2) is 25.3 Å². The SMILES string of the molecule is CCOc1ccc(C(=O)N/N=C\c2cc(Cl)c(OCc3ccc(Cl)cc3Cl)c(OCC)c2)cc1. The maximum Gasteiger partial charge on any atom is 0.271 e. The van der Waals surface area contributed by atoms with Gasteiger partial charge in [0.05, 0.1) is 24.5 Å². The summed E-state index contributed by atoms with van der Waals surface area (Å²) in [5.41, 5.74) is 4.33. The molecule has 9 heteroatoms. The largest absolute Gasteiger partial charge is 0.494 e. The number of carbonyl (C=O) groups excluding carboxylic acids is 1. The van der Waals surface area contributed by atoms with Crippen LogP contribution in [0.4, 0.5) is 0 Å². The summed E-state index contributed by atoms with van der Waals surface area (Å²) >= 11 is 18.6. The average Bonchev–Trinajstić information content (AvgIpc) is 2.80. The minimum absolute atomic E-state index is 0.182. The second-order valence-corrected chi connectivity index (χ2v) is 8.19. The molecule has 0 aliphatic rings. The van der Waals surface area contributed by atoms with E-state index in [1.54, 1.807) is 54.6 Å². The predicted octanol–water partition coefficient (Wildman–Crippen LogP) is 6.79. The van der Waals surface area contributed by atoms with Gasteiger partial charge in [0.15, 0.2) is 11.5 Å². The first-order valence-corrected chi connectivity index (χ1v) is 11.6. The lowest BCUT2D eigenvalue weighted by Crippen LogP contribution is -2.17. The molecule has 3 aromatic carbocycles. The van der Waals surface area contributed by atoms with Crippen molar-refractivity contribution >= 4 is 46.9 Å². The molecule has 6 nitrogen and oxygen atoms in total. The van der Waals surface area contributed by atoms with Gasteiger partial charge in [0.2, 0.25) is 0 Å². The monoisotopic (exact) mass is 520 g/mol. The maximum absolute atomic E-state index is 12.3. The first kappa shape index (κ1) is 25.7. The molecule has 0 fully saturated rings. The number of ether oxygens (including phenoxy) is 3. The zero-order chi connectivity index (χ0) is 24.5. The first-order chi connectivity index (χ1) is 16.4. The van der Waals surface area contributed by atoms with Crippen molar-refractivity contribution in [2.75, 3.05) is 13.2 Å². The van der Waals surface area contributed by atoms with Crippen LogP contribution in [0.15, 0.2) is 59.7 Å². The van der Waals surface area contributed by atoms with E-state index in [0.29, 0.717) is 56.7 Å². The molecule has 0 unspecified atom stereocenters. The van der Waals surface area contributed by atoms with E-state index in [4.69, 9.17) is 49.0 Å². The van der Waals surface area contributed by atoms with E-state index in [0.717, 1.165) is 5.56 Å². The van der Waals surface area contributed by atoms with Crippen LogP contribution in [0.2, 0.25) is 15.1 Å². The summed E-state index contributed by atoms with van der Waals surface area (Å²) in [5, 5.41) is 5.39. The zero-order valence-corrected chi connectivity index (χ0v) is 20.9. The second-order valence-electron chi connectivity index (χ2n) is 6.94. The van der Waals surface area contributed by atoms with Crippen LogP contribution in [0.3, 0.4) is 0 Å². The van der Waals surface area contributed by atoms with Gasteiger partial charge in [-0.1, -0.05) is 40.9 Å². The summed E-state index contributed by atoms with van der Waals surface area (Å²) in [6, 6.07) is 15.3. The topological polar surface area (TPSA) is 69.2 Å². The number of benzene rings is 3. The van der Waals surface area contributed by atoms with Gasteiger partial charge in [-0.25, -0.2) is 5.43 Å². The summed E-state index contributed by atoms with van der Waals surface area (Å²) < 4.78 is 17.0. The zero-order valence-electron chi connectivity index (χ0n) is 18.6. The average molecular weight is 522 g/mol. The number of halogens is 3. The quantitative estimate of drug-likeness (QED) is 0.236. The van der Waals surface area contributed by atoms with Crippen LogP contribution in [0.5, 0.6) is 17.2 Å². The molecule has 0 aromatic heterocycles. The third-order valence-electron chi connectivity index (χ3n) is 4.53. The Bertz CT molecular complexity index is 1170. The van der Waals surface area contributed by atoms with E-state index in [2.05, 4.69) is 10.5 Å². The number of hydrazone groups is 1. The molecular formula is C25H23Cl3N2O4. The highest BCUT2D eigenvalue weighted by atomic mass is 35.5. The predicted molar refractivity (Wildman–Crippen MR) is 136 cm³/mol. The van der Waals surface area contributed by atoms with Gasteiger partial charge in [-0.15, -0.1) is 0 Å². The molecular weight excluding hydrogens is 499 g/mol. The van der Waals surface area contributed by atoms with Crippen molar-refractivity contribution in [1.82, 2.24) is 5.43 Å². The van der Waals surface area contributed by atoms with E-state index in [-0.39, 0.29) is 12.5 Å². The first-order valence-electron chi connectivity index (χ1n) is 10.5. The van der Waals surface area contributed by atoms with Crippen LogP contribution < -0.4 is 19.6 Å². The number of nitrogens with zero attached hydrogens (tertiary/aromatic N) is 1. The summed E-state index contributed by atoms with van der Waals surface area (Å²) in [7, 11) is 0. The molecule has 3 rings (SSSR count). The standard InChI is InChI=1S/C25H23Cl3N2O4/c1-3-32-20-9-6-17(7-10-20)25(31)30-29-14-16-11-22(28)24(23(12-16)33-4-2)34-15-18-5-8-19(26)13-21(18)27/h5-14H,3-4,15H2,1-2H3,(H,30,31)/b29-14-. The number of nitrogens with one attached hydrogen (secondary N) is 1. The fraction of sp³-hybridized carbons (Fsp3) is 0.200. The highest BCUT2D eigenvalue weighted by Gasteiger charge is 2.14. The Morgan fingerprint density at radius 1 is 0.912 bits per heavy atom. The van der Waals surface area contributed by atoms with Gasteiger partial charge in [-0.05, 0) is 67.9 Å². The summed E-state index contributed by atoms with van der Waals surface area (Å²) in [6.07, 6.45) is 1.47. The lowest BCUT2D eigenvalue weighted by molar-refractivity contribution is 0.0955. The van der Waals surface area contributed by atoms with Crippen molar-refractivity contribution in [2.24, 2.45) is 5.10 Å². The number of carbonyl (C=O) groups is 1. The lowest BCUT2D eigenvalue weighted by Gasteiger charge is -2.15. The van der Waals surface area contributed by atoms with Crippen molar-refractivity contribution in [3.05, 3.63) is 86.4 Å². The molecule has 0 saturated heterocycles. The Balaban J connectivity index is 1.69. The molecule has 0 atom stereocenters. The highest BCUT2D eigenvalue weighted by molar-refractivity contribution is 6.35. The maximum atomic E-state index is 12.3. The van der Waals surface area contributed by atoms with E-state index in [9.17, 15) is 4.79 Å². The molecule has 3 aromatic rings. The van der Waals surface area contributed by atoms with Crippen molar-refractivity contribution in [1.29, 1.82) is 0 Å². The summed E-state index contributed by atoms with van der Waals surface area (Å²) in [6.45, 7) is 4.89. The molecule has 34 heavy (non-hydrogen) atoms. The van der Waals surface area contributed by atoms with Gasteiger partial charge < -0.3 is 14.2 Å². The smallest absolute Gasteiger partial charge is 0.271 e. The van der Waals surface area contributed by atoms with Gasteiger partial charge in [0.1, 0.15) is 12.4 Å². The minimum atomic E-state index is -0.352. The van der Waals surface area contributed by atoms with Crippen molar-refractivity contribution in [2.45, 2.75) is 20.5 Å². The van der Waals surface area contributed by atoms with Crippen LogP contribution in [-0.2, 0) is 6.61 Å². The Morgan fingerprint density at radius 2 is 1.65 bits per heavy atom. The van der Waals surface area contributed by atoms with Gasteiger partial charge in [-0.3, -0.25) is 4.79 Å². The normalized spacial score (nSPS) is 10.9. The molecule has 0 spiro atoms. The van der Waals surface area contributed by atoms with Crippen LogP contribution in [0.1, 0.15) is 35.3 Å². The molecule has 0 heterocycles. The number of rotatable bonds is 10. The van der Waals surface area contributed by atoms with Crippen molar-refractivity contribution in [3.8, 4) is 17.2 Å². The van der Waals surface area contributed by atoms with Gasteiger partial charge in [0.25, 0.3) is 5.91 Å². The Morgan fingerprint density at radius 3 is 2.32 bits per heavy atom. The number of hydrogen-bond donors (Lipinski definition) is 1. The summed E-state index contributed by atoms with van der Waals surface area (Å²) in [5.74, 6) is 1.17. The Labute approximate surface area is 213 Å². The van der Waals surface area contributed by atoms with Crippen molar-refractivity contribution in [3.63, 3.8) is 0 Å². The fourth-order valence-electron chi connectivity index (χ4n) is 2.95. The molecule has 1 amide bonds. The van der Waals surface area contributed by atoms with Crippen LogP contribution >= 0.6 is 34.8 Å². The Hall–Kier alpha value is -2.93. The van der Waals surface area contributed by atoms with Crippen LogP contribution in [0, 0.1) is 0 Å². The van der Waals surface area contributed by atoms with Crippen molar-refractivity contribution < 1.29 is 19.0 Å². The minimum Gasteiger partial charge on any atom is -0.494 e. The fourth-order valence-corrected chi connectivity index (χ4v) is 3.69. The van der Waals surface area contributed by atoms with E-state index in [1.165, 1.54) is 6.21 Å². The van der Waals surface area contributed by atoms with Gasteiger partial charge in [-0.2, -0.15) is 5.10 Å². The summed E-state index contributed by atoms with van der Waals surface area (Å²) in [4.78, 5) is 12.3. The number of hydrogen-bond acceptors (Lipinski definition) is 5. The molecule has 0 radical (unpaired) electrons.